The van der Waals surface area contributed by atoms with Crippen molar-refractivity contribution in [3.63, 3.8) is 0 Å². The Hall–Kier alpha value is -2.98. The van der Waals surface area contributed by atoms with Gasteiger partial charge in [-0.1, -0.05) is 26.0 Å². The maximum atomic E-state index is 13.8. The molecular formula is C20H17ClFN3O5S. The molecule has 31 heavy (non-hydrogen) atoms. The third kappa shape index (κ3) is 6.02. The summed E-state index contributed by atoms with van der Waals surface area (Å²) in [4.78, 5) is 44.7. The molecule has 0 radical (unpaired) electrons. The normalized spacial score (nSPS) is 15.1. The van der Waals surface area contributed by atoms with E-state index >= 15 is 0 Å². The predicted octanol–water partition coefficient (Wildman–Crippen LogP) is 4.30. The van der Waals surface area contributed by atoms with Crippen LogP contribution in [0.4, 0.5) is 9.18 Å². The molecule has 2 heterocycles. The average molecular weight is 466 g/mol. The number of thioether (sulfide) groups is 1. The first-order valence-corrected chi connectivity index (χ1v) is 10.3. The van der Waals surface area contributed by atoms with E-state index in [2.05, 4.69) is 9.97 Å². The quantitative estimate of drug-likeness (QED) is 0.339. The summed E-state index contributed by atoms with van der Waals surface area (Å²) < 4.78 is 24.2. The molecule has 1 aliphatic rings. The summed E-state index contributed by atoms with van der Waals surface area (Å²) in [5, 5.41) is -0.740. The molecule has 0 saturated carbocycles. The van der Waals surface area contributed by atoms with E-state index in [1.54, 1.807) is 18.2 Å². The highest BCUT2D eigenvalue weighted by molar-refractivity contribution is 8.18. The van der Waals surface area contributed by atoms with Gasteiger partial charge in [-0.3, -0.25) is 19.3 Å². The number of carbonyl (C=O) groups is 3. The van der Waals surface area contributed by atoms with Gasteiger partial charge >= 0.3 is 5.97 Å². The minimum Gasteiger partial charge on any atom is -0.464 e. The molecule has 1 aliphatic heterocycles. The van der Waals surface area contributed by atoms with Gasteiger partial charge in [-0.15, -0.1) is 0 Å². The number of halogens is 2. The molecule has 11 heteroatoms. The zero-order valence-electron chi connectivity index (χ0n) is 16.5. The van der Waals surface area contributed by atoms with Crippen LogP contribution in [0, 0.1) is 11.7 Å². The molecule has 1 aromatic carbocycles. The molecular weight excluding hydrogens is 449 g/mol. The van der Waals surface area contributed by atoms with Crippen molar-refractivity contribution in [1.82, 2.24) is 14.9 Å². The van der Waals surface area contributed by atoms with Gasteiger partial charge in [0.1, 0.15) is 12.3 Å². The molecule has 0 N–H and O–H groups in total. The van der Waals surface area contributed by atoms with Crippen LogP contribution in [0.5, 0.6) is 11.6 Å². The number of ether oxygens (including phenoxy) is 2. The number of imide groups is 1. The maximum Gasteiger partial charge on any atom is 0.326 e. The summed E-state index contributed by atoms with van der Waals surface area (Å²) in [7, 11) is 0. The zero-order valence-corrected chi connectivity index (χ0v) is 18.1. The lowest BCUT2D eigenvalue weighted by molar-refractivity contribution is -0.147. The van der Waals surface area contributed by atoms with Crippen LogP contribution in [0.3, 0.4) is 0 Å². The summed E-state index contributed by atoms with van der Waals surface area (Å²) in [5.74, 6) is -2.02. The van der Waals surface area contributed by atoms with Crippen LogP contribution >= 0.6 is 23.4 Å². The molecule has 2 aromatic rings. The molecule has 0 bridgehead atoms. The Bertz CT molecular complexity index is 1060. The summed E-state index contributed by atoms with van der Waals surface area (Å²) in [6.07, 6.45) is 2.36. The zero-order chi connectivity index (χ0) is 22.5. The van der Waals surface area contributed by atoms with E-state index in [1.165, 1.54) is 12.1 Å². The van der Waals surface area contributed by atoms with Crippen LogP contribution in [0.1, 0.15) is 19.4 Å². The van der Waals surface area contributed by atoms with Gasteiger partial charge in [0, 0.05) is 0 Å². The number of carbonyl (C=O) groups excluding carboxylic acids is 3. The number of aromatic nitrogens is 2. The summed E-state index contributed by atoms with van der Waals surface area (Å²) in [5.41, 5.74) is 0.519. The highest BCUT2D eigenvalue weighted by Gasteiger charge is 2.36. The molecule has 1 saturated heterocycles. The Balaban J connectivity index is 1.72. The van der Waals surface area contributed by atoms with Crippen LogP contribution in [0.15, 0.2) is 35.4 Å². The molecule has 0 aliphatic carbocycles. The largest absolute Gasteiger partial charge is 0.464 e. The van der Waals surface area contributed by atoms with Gasteiger partial charge in [0.25, 0.3) is 17.0 Å². The molecule has 162 valence electrons. The number of rotatable bonds is 7. The van der Waals surface area contributed by atoms with Gasteiger partial charge in [-0.25, -0.2) is 4.98 Å². The van der Waals surface area contributed by atoms with Gasteiger partial charge in [0.15, 0.2) is 0 Å². The number of benzene rings is 1. The van der Waals surface area contributed by atoms with E-state index in [-0.39, 0.29) is 34.3 Å². The lowest BCUT2D eigenvalue weighted by atomic mass is 10.2. The predicted molar refractivity (Wildman–Crippen MR) is 112 cm³/mol. The van der Waals surface area contributed by atoms with Crippen LogP contribution in [-0.4, -0.2) is 45.1 Å². The van der Waals surface area contributed by atoms with Crippen molar-refractivity contribution >= 4 is 46.6 Å². The number of hydrogen-bond acceptors (Lipinski definition) is 8. The second-order valence-electron chi connectivity index (χ2n) is 6.81. The molecule has 2 amide bonds. The number of nitrogens with zero attached hydrogens (tertiary/aromatic N) is 3. The Morgan fingerprint density at radius 3 is 2.87 bits per heavy atom. The van der Waals surface area contributed by atoms with Crippen molar-refractivity contribution in [2.24, 2.45) is 5.92 Å². The van der Waals surface area contributed by atoms with E-state index < -0.39 is 29.5 Å². The fourth-order valence-electron chi connectivity index (χ4n) is 2.40. The van der Waals surface area contributed by atoms with Crippen molar-refractivity contribution in [1.29, 1.82) is 0 Å². The molecule has 0 unspecified atom stereocenters. The molecule has 3 rings (SSSR count). The second kappa shape index (κ2) is 9.88. The smallest absolute Gasteiger partial charge is 0.326 e. The van der Waals surface area contributed by atoms with E-state index in [0.29, 0.717) is 17.3 Å². The Morgan fingerprint density at radius 2 is 2.13 bits per heavy atom. The minimum atomic E-state index is -0.791. The molecule has 1 fully saturated rings. The van der Waals surface area contributed by atoms with E-state index in [1.807, 2.05) is 13.8 Å². The Kier molecular flexibility index (Phi) is 7.24. The standard InChI is InChI=1S/C20H17ClFN3O5S/c1-11(2)10-29-16(26)9-25-18(27)15(31-20(25)28)7-12-4-3-5-13(6-12)30-17-14(22)8-23-19(21)24-17/h3-8,11H,9-10H2,1-2H3/b15-7+. The van der Waals surface area contributed by atoms with Gasteiger partial charge in [-0.2, -0.15) is 9.37 Å². The van der Waals surface area contributed by atoms with E-state index in [9.17, 15) is 18.8 Å². The van der Waals surface area contributed by atoms with Crippen molar-refractivity contribution in [2.45, 2.75) is 13.8 Å². The monoisotopic (exact) mass is 465 g/mol. The lowest BCUT2D eigenvalue weighted by Gasteiger charge is -2.12. The highest BCUT2D eigenvalue weighted by atomic mass is 35.5. The Morgan fingerprint density at radius 1 is 1.35 bits per heavy atom. The van der Waals surface area contributed by atoms with Gasteiger partial charge in [-0.05, 0) is 53.1 Å². The minimum absolute atomic E-state index is 0.134. The first kappa shape index (κ1) is 22.7. The number of esters is 1. The van der Waals surface area contributed by atoms with Gasteiger partial charge in [0.2, 0.25) is 11.1 Å². The van der Waals surface area contributed by atoms with Crippen LogP contribution in [-0.2, 0) is 14.3 Å². The van der Waals surface area contributed by atoms with Crippen LogP contribution < -0.4 is 4.74 Å². The summed E-state index contributed by atoms with van der Waals surface area (Å²) in [6.45, 7) is 3.50. The fraction of sp³-hybridized carbons (Fsp3) is 0.250. The fourth-order valence-corrected chi connectivity index (χ4v) is 3.37. The van der Waals surface area contributed by atoms with Crippen LogP contribution in [0.2, 0.25) is 5.28 Å². The van der Waals surface area contributed by atoms with Gasteiger partial charge in [0.05, 0.1) is 17.7 Å². The summed E-state index contributed by atoms with van der Waals surface area (Å²) >= 11 is 6.36. The average Bonchev–Trinajstić information content (AvgIpc) is 2.97. The van der Waals surface area contributed by atoms with E-state index in [4.69, 9.17) is 21.1 Å². The molecule has 0 spiro atoms. The Labute approximate surface area is 186 Å². The van der Waals surface area contributed by atoms with Crippen molar-refractivity contribution in [3.8, 4) is 11.6 Å². The summed E-state index contributed by atoms with van der Waals surface area (Å²) in [6, 6.07) is 6.38. The highest BCUT2D eigenvalue weighted by Crippen LogP contribution is 2.33. The third-order valence-electron chi connectivity index (χ3n) is 3.79. The number of amides is 2. The van der Waals surface area contributed by atoms with Crippen molar-refractivity contribution in [3.05, 3.63) is 52.0 Å². The van der Waals surface area contributed by atoms with Crippen molar-refractivity contribution < 1.29 is 28.2 Å². The van der Waals surface area contributed by atoms with Crippen molar-refractivity contribution in [2.75, 3.05) is 13.2 Å². The number of hydrogen-bond donors (Lipinski definition) is 0. The first-order chi connectivity index (χ1) is 14.7. The third-order valence-corrected chi connectivity index (χ3v) is 4.88. The molecule has 8 nitrogen and oxygen atoms in total. The van der Waals surface area contributed by atoms with E-state index in [0.717, 1.165) is 11.1 Å². The first-order valence-electron chi connectivity index (χ1n) is 9.10. The van der Waals surface area contributed by atoms with Crippen LogP contribution in [0.25, 0.3) is 6.08 Å². The second-order valence-corrected chi connectivity index (χ2v) is 8.14. The lowest BCUT2D eigenvalue weighted by Crippen LogP contribution is -2.34. The SMILES string of the molecule is CC(C)COC(=O)CN1C(=O)S/C(=C/c2cccc(Oc3nc(Cl)ncc3F)c2)C1=O. The molecule has 1 aromatic heterocycles. The van der Waals surface area contributed by atoms with Gasteiger partial charge < -0.3 is 9.47 Å². The topological polar surface area (TPSA) is 98.7 Å². The maximum absolute atomic E-state index is 13.8. The molecule has 0 atom stereocenters.